The van der Waals surface area contributed by atoms with Gasteiger partial charge in [0.15, 0.2) is 5.16 Å². The van der Waals surface area contributed by atoms with Gasteiger partial charge in [0.2, 0.25) is 11.8 Å². The van der Waals surface area contributed by atoms with Gasteiger partial charge >= 0.3 is 6.18 Å². The standard InChI is InChI=1S/C29H31F3N6O3S/c30-29(31,32)19-6-4-7-20(16-19)34-25(39)18-37(33)15-13-26(40)36-14-12-24-23(17-36)27(41)38(21-8-2-1-3-9-21)28(35-24)42-22-10-5-11-22/h1-4,6-9,16,22H,5,10-15,17-18,33H2,(H,34,39). The summed E-state index contributed by atoms with van der Waals surface area (Å²) in [5, 5.41) is 4.65. The molecule has 1 aliphatic carbocycles. The van der Waals surface area contributed by atoms with E-state index < -0.39 is 17.6 Å². The van der Waals surface area contributed by atoms with Gasteiger partial charge in [-0.2, -0.15) is 13.2 Å². The van der Waals surface area contributed by atoms with Gasteiger partial charge in [-0.3, -0.25) is 24.8 Å². The lowest BCUT2D eigenvalue weighted by Crippen LogP contribution is -2.44. The van der Waals surface area contributed by atoms with Crippen LogP contribution in [0.15, 0.2) is 64.5 Å². The summed E-state index contributed by atoms with van der Waals surface area (Å²) in [5.41, 5.74) is 0.863. The molecule has 1 saturated carbocycles. The van der Waals surface area contributed by atoms with Crippen LogP contribution in [0.3, 0.4) is 0 Å². The van der Waals surface area contributed by atoms with Crippen LogP contribution in [-0.2, 0) is 28.7 Å². The monoisotopic (exact) mass is 600 g/mol. The van der Waals surface area contributed by atoms with E-state index in [2.05, 4.69) is 5.32 Å². The molecule has 1 aromatic heterocycles. The van der Waals surface area contributed by atoms with Crippen LogP contribution in [0.25, 0.3) is 5.69 Å². The molecule has 42 heavy (non-hydrogen) atoms. The van der Waals surface area contributed by atoms with Crippen LogP contribution >= 0.6 is 11.8 Å². The van der Waals surface area contributed by atoms with E-state index in [9.17, 15) is 27.6 Å². The molecule has 0 radical (unpaired) electrons. The summed E-state index contributed by atoms with van der Waals surface area (Å²) >= 11 is 1.63. The number of nitrogens with one attached hydrogen (secondary N) is 1. The number of para-hydroxylation sites is 1. The average molecular weight is 601 g/mol. The van der Waals surface area contributed by atoms with Crippen LogP contribution in [0.5, 0.6) is 0 Å². The first-order valence-electron chi connectivity index (χ1n) is 13.7. The van der Waals surface area contributed by atoms with Crippen LogP contribution in [0.2, 0.25) is 0 Å². The maximum Gasteiger partial charge on any atom is 0.416 e. The molecule has 0 spiro atoms. The smallest absolute Gasteiger partial charge is 0.338 e. The van der Waals surface area contributed by atoms with Crippen molar-refractivity contribution in [2.24, 2.45) is 5.84 Å². The van der Waals surface area contributed by atoms with Gasteiger partial charge in [0.25, 0.3) is 5.56 Å². The summed E-state index contributed by atoms with van der Waals surface area (Å²) in [5.74, 6) is 5.08. The number of anilines is 1. The Labute approximate surface area is 244 Å². The first-order chi connectivity index (χ1) is 20.1. The van der Waals surface area contributed by atoms with Crippen LogP contribution in [0, 0.1) is 0 Å². The summed E-state index contributed by atoms with van der Waals surface area (Å²) < 4.78 is 40.4. The molecule has 222 valence electrons. The maximum absolute atomic E-state index is 13.7. The van der Waals surface area contributed by atoms with E-state index in [-0.39, 0.29) is 43.2 Å². The molecule has 0 atom stereocenters. The van der Waals surface area contributed by atoms with Crippen molar-refractivity contribution in [1.82, 2.24) is 19.5 Å². The van der Waals surface area contributed by atoms with Crippen molar-refractivity contribution in [3.05, 3.63) is 81.8 Å². The fourth-order valence-electron chi connectivity index (χ4n) is 4.82. The lowest BCUT2D eigenvalue weighted by Gasteiger charge is -2.30. The molecule has 3 N–H and O–H groups in total. The predicted molar refractivity (Wildman–Crippen MR) is 153 cm³/mol. The van der Waals surface area contributed by atoms with Crippen LogP contribution in [0.4, 0.5) is 18.9 Å². The molecular weight excluding hydrogens is 569 g/mol. The molecule has 5 rings (SSSR count). The van der Waals surface area contributed by atoms with Gasteiger partial charge in [-0.1, -0.05) is 42.4 Å². The quantitative estimate of drug-likeness (QED) is 0.217. The van der Waals surface area contributed by atoms with Gasteiger partial charge in [-0.25, -0.2) is 9.99 Å². The van der Waals surface area contributed by atoms with Crippen LogP contribution in [-0.4, -0.2) is 56.2 Å². The summed E-state index contributed by atoms with van der Waals surface area (Å²) in [6.45, 7) is 0.255. The van der Waals surface area contributed by atoms with E-state index in [1.54, 1.807) is 21.2 Å². The third kappa shape index (κ3) is 7.02. The average Bonchev–Trinajstić information content (AvgIpc) is 2.93. The van der Waals surface area contributed by atoms with Crippen LogP contribution in [0.1, 0.15) is 42.5 Å². The fourth-order valence-corrected chi connectivity index (χ4v) is 6.15. The van der Waals surface area contributed by atoms with Gasteiger partial charge in [-0.05, 0) is 43.2 Å². The summed E-state index contributed by atoms with van der Waals surface area (Å²) in [4.78, 5) is 45.6. The minimum atomic E-state index is -4.53. The number of nitrogens with zero attached hydrogens (tertiary/aromatic N) is 4. The number of carbonyl (C=O) groups excluding carboxylic acids is 2. The second kappa shape index (κ2) is 12.7. The van der Waals surface area contributed by atoms with Crippen molar-refractivity contribution < 1.29 is 22.8 Å². The molecule has 1 aliphatic heterocycles. The van der Waals surface area contributed by atoms with Crippen LogP contribution < -0.4 is 16.7 Å². The van der Waals surface area contributed by atoms with Crippen molar-refractivity contribution in [2.75, 3.05) is 25.0 Å². The Hall–Kier alpha value is -3.68. The molecule has 1 fully saturated rings. The van der Waals surface area contributed by atoms with E-state index in [0.717, 1.165) is 35.7 Å². The topological polar surface area (TPSA) is 114 Å². The van der Waals surface area contributed by atoms with Crippen molar-refractivity contribution in [1.29, 1.82) is 0 Å². The van der Waals surface area contributed by atoms with E-state index in [1.807, 2.05) is 30.3 Å². The number of hydrogen-bond donors (Lipinski definition) is 2. The number of carbonyl (C=O) groups is 2. The van der Waals surface area contributed by atoms with Crippen molar-refractivity contribution in [3.63, 3.8) is 0 Å². The highest BCUT2D eigenvalue weighted by molar-refractivity contribution is 7.99. The first-order valence-corrected chi connectivity index (χ1v) is 14.6. The first kappa shape index (κ1) is 29.8. The fraction of sp³-hybridized carbons (Fsp3) is 0.379. The number of hydrazine groups is 1. The Bertz CT molecular complexity index is 1510. The molecule has 2 heterocycles. The number of nitrogens with two attached hydrogens (primary N) is 1. The lowest BCUT2D eigenvalue weighted by molar-refractivity contribution is -0.137. The lowest BCUT2D eigenvalue weighted by atomic mass is 10.0. The summed E-state index contributed by atoms with van der Waals surface area (Å²) in [7, 11) is 0. The van der Waals surface area contributed by atoms with Gasteiger partial charge < -0.3 is 10.2 Å². The Morgan fingerprint density at radius 2 is 1.88 bits per heavy atom. The molecule has 0 unspecified atom stereocenters. The van der Waals surface area contributed by atoms with Gasteiger partial charge in [-0.15, -0.1) is 0 Å². The minimum absolute atomic E-state index is 0.00140. The number of rotatable bonds is 9. The molecule has 2 amide bonds. The number of hydrogen-bond acceptors (Lipinski definition) is 7. The van der Waals surface area contributed by atoms with Gasteiger partial charge in [0.05, 0.1) is 35.6 Å². The zero-order chi connectivity index (χ0) is 29.9. The number of aromatic nitrogens is 2. The Morgan fingerprint density at radius 1 is 1.12 bits per heavy atom. The second-order valence-corrected chi connectivity index (χ2v) is 11.6. The minimum Gasteiger partial charge on any atom is -0.338 e. The van der Waals surface area contributed by atoms with Crippen molar-refractivity contribution in [2.45, 2.75) is 55.2 Å². The molecule has 0 saturated heterocycles. The number of alkyl halides is 3. The van der Waals surface area contributed by atoms with E-state index in [1.165, 1.54) is 18.6 Å². The van der Waals surface area contributed by atoms with Crippen molar-refractivity contribution >= 4 is 29.3 Å². The Morgan fingerprint density at radius 3 is 2.57 bits per heavy atom. The highest BCUT2D eigenvalue weighted by Crippen LogP contribution is 2.36. The predicted octanol–water partition coefficient (Wildman–Crippen LogP) is 3.99. The number of benzene rings is 2. The molecule has 2 aromatic carbocycles. The normalized spacial score (nSPS) is 15.3. The maximum atomic E-state index is 13.7. The van der Waals surface area contributed by atoms with Crippen molar-refractivity contribution in [3.8, 4) is 5.69 Å². The largest absolute Gasteiger partial charge is 0.416 e. The second-order valence-electron chi connectivity index (χ2n) is 10.4. The SMILES string of the molecule is NN(CCC(=O)N1CCc2nc(SC3CCC3)n(-c3ccccc3)c(=O)c2C1)CC(=O)Nc1cccc(C(F)(F)F)c1. The third-order valence-corrected chi connectivity index (χ3v) is 8.61. The number of halogens is 3. The Balaban J connectivity index is 1.20. The van der Waals surface area contributed by atoms with E-state index in [4.69, 9.17) is 10.8 Å². The molecule has 13 heteroatoms. The number of amides is 2. The summed E-state index contributed by atoms with van der Waals surface area (Å²) in [6, 6.07) is 13.7. The zero-order valence-electron chi connectivity index (χ0n) is 22.8. The van der Waals surface area contributed by atoms with Gasteiger partial charge in [0, 0.05) is 36.9 Å². The molecular formula is C29H31F3N6O3S. The Kier molecular flexibility index (Phi) is 8.99. The number of thioether (sulfide) groups is 1. The number of fused-ring (bicyclic) bond motifs is 1. The highest BCUT2D eigenvalue weighted by Gasteiger charge is 2.31. The third-order valence-electron chi connectivity index (χ3n) is 7.32. The summed E-state index contributed by atoms with van der Waals surface area (Å²) in [6.07, 6.45) is -0.706. The van der Waals surface area contributed by atoms with E-state index in [0.29, 0.717) is 34.6 Å². The highest BCUT2D eigenvalue weighted by atomic mass is 32.2. The zero-order valence-corrected chi connectivity index (χ0v) is 23.6. The van der Waals surface area contributed by atoms with Gasteiger partial charge in [0.1, 0.15) is 0 Å². The molecule has 9 nitrogen and oxygen atoms in total. The molecule has 3 aromatic rings. The van der Waals surface area contributed by atoms with E-state index >= 15 is 0 Å². The molecule has 2 aliphatic rings. The molecule has 0 bridgehead atoms.